The number of unbranched alkanes of at least 4 members (excludes halogenated alkanes) is 1. The quantitative estimate of drug-likeness (QED) is 0.0353. The number of thiazole rings is 1. The Labute approximate surface area is 435 Å². The molecule has 17 nitrogen and oxygen atoms in total. The van der Waals surface area contributed by atoms with Gasteiger partial charge in [-0.25, -0.2) is 9.97 Å². The maximum absolute atomic E-state index is 13.9. The second-order valence-electron chi connectivity index (χ2n) is 19.8. The molecule has 4 aromatic rings. The van der Waals surface area contributed by atoms with Crippen LogP contribution in [0.2, 0.25) is 0 Å². The number of hydrogen-bond acceptors (Lipinski definition) is 14. The van der Waals surface area contributed by atoms with Crippen LogP contribution >= 0.6 is 11.3 Å². The molecule has 2 aliphatic rings. The summed E-state index contributed by atoms with van der Waals surface area (Å²) in [5.74, 6) is 1.47. The van der Waals surface area contributed by atoms with Crippen molar-refractivity contribution in [3.05, 3.63) is 83.6 Å². The molecule has 73 heavy (non-hydrogen) atoms. The van der Waals surface area contributed by atoms with Gasteiger partial charge in [0.05, 0.1) is 22.7 Å². The molecule has 1 aliphatic heterocycles. The second kappa shape index (κ2) is 29.1. The van der Waals surface area contributed by atoms with Gasteiger partial charge in [-0.05, 0) is 87.0 Å². The van der Waals surface area contributed by atoms with Gasteiger partial charge in [-0.1, -0.05) is 70.2 Å². The zero-order chi connectivity index (χ0) is 52.0. The third kappa shape index (κ3) is 17.9. The number of aromatic nitrogens is 3. The molecule has 2 aromatic carbocycles. The van der Waals surface area contributed by atoms with Crippen molar-refractivity contribution in [3.63, 3.8) is 0 Å². The van der Waals surface area contributed by atoms with Crippen molar-refractivity contribution < 1.29 is 38.1 Å². The number of carbonyl (C=O) groups is 4. The Balaban J connectivity index is 0.771. The molecule has 3 heterocycles. The van der Waals surface area contributed by atoms with Crippen LogP contribution in [-0.4, -0.2) is 133 Å². The highest BCUT2D eigenvalue weighted by Gasteiger charge is 2.42. The summed E-state index contributed by atoms with van der Waals surface area (Å²) in [6.45, 7) is 16.8. The standard InChI is InChI=1S/C55H77N9O8S/c1-7-41-36-58-54(62-50(41)56-25-13-26-63(6)52(67)43-16-10-17-43)60-44-18-11-19-45(34-44)72-33-15-31-70-29-9-8-28-69-30-14-32-71-37-47(65)61-49(55(3,4)5)53(68)64-27-12-20-46(64)51(66)57-35-40-21-23-42(24-22-40)48-39(2)59-38-73-48/h7,11,18-19,21-24,34,36,38,43,46,49H,1,8-10,12-17,20,25-33,35,37H2,2-6H3,(H,57,66)(H,61,65)(H2,56,58,60,62)/t46-,49?/m0/s1. The lowest BCUT2D eigenvalue weighted by molar-refractivity contribution is -0.144. The molecule has 1 aliphatic carbocycles. The van der Waals surface area contributed by atoms with Gasteiger partial charge in [0.15, 0.2) is 0 Å². The van der Waals surface area contributed by atoms with Gasteiger partial charge in [0.1, 0.15) is 30.3 Å². The monoisotopic (exact) mass is 1020 g/mol. The molecule has 4 amide bonds. The van der Waals surface area contributed by atoms with Crippen LogP contribution in [0.5, 0.6) is 5.75 Å². The zero-order valence-electron chi connectivity index (χ0n) is 43.5. The number of ether oxygens (including phenoxy) is 4. The number of rotatable bonds is 31. The maximum atomic E-state index is 13.9. The summed E-state index contributed by atoms with van der Waals surface area (Å²) in [4.78, 5) is 70.8. The van der Waals surface area contributed by atoms with Gasteiger partial charge < -0.3 is 50.0 Å². The molecule has 2 atom stereocenters. The molecular formula is C55H77N9O8S. The van der Waals surface area contributed by atoms with Crippen LogP contribution in [0.1, 0.15) is 102 Å². The Hall–Kier alpha value is -5.95. The molecule has 396 valence electrons. The van der Waals surface area contributed by atoms with Crippen molar-refractivity contribution in [3.8, 4) is 16.2 Å². The number of likely N-dealkylation sites (tertiary alicyclic amines) is 1. The van der Waals surface area contributed by atoms with Gasteiger partial charge in [-0.15, -0.1) is 11.3 Å². The van der Waals surface area contributed by atoms with Gasteiger partial charge in [-0.2, -0.15) is 4.98 Å². The van der Waals surface area contributed by atoms with E-state index in [-0.39, 0.29) is 36.2 Å². The third-order valence-corrected chi connectivity index (χ3v) is 13.9. The van der Waals surface area contributed by atoms with Gasteiger partial charge in [-0.3, -0.25) is 19.2 Å². The number of aryl methyl sites for hydroxylation is 1. The van der Waals surface area contributed by atoms with Crippen molar-refractivity contribution in [1.82, 2.24) is 35.4 Å². The highest BCUT2D eigenvalue weighted by atomic mass is 32.1. The van der Waals surface area contributed by atoms with Crippen molar-refractivity contribution in [2.75, 3.05) is 83.6 Å². The molecule has 18 heteroatoms. The van der Waals surface area contributed by atoms with E-state index in [4.69, 9.17) is 18.9 Å². The Bertz CT molecular complexity index is 2390. The minimum Gasteiger partial charge on any atom is -0.493 e. The highest BCUT2D eigenvalue weighted by Crippen LogP contribution is 2.30. The van der Waals surface area contributed by atoms with Crippen LogP contribution in [-0.2, 0) is 39.9 Å². The molecule has 0 bridgehead atoms. The fraction of sp³-hybridized carbons (Fsp3) is 0.545. The first-order chi connectivity index (χ1) is 35.3. The lowest BCUT2D eigenvalue weighted by atomic mass is 9.84. The van der Waals surface area contributed by atoms with Crippen LogP contribution in [0.15, 0.2) is 66.8 Å². The number of benzene rings is 2. The molecule has 1 unspecified atom stereocenters. The Kier molecular flexibility index (Phi) is 22.4. The molecule has 0 radical (unpaired) electrons. The van der Waals surface area contributed by atoms with Gasteiger partial charge in [0.25, 0.3) is 0 Å². The molecule has 2 aromatic heterocycles. The number of amides is 4. The van der Waals surface area contributed by atoms with Crippen molar-refractivity contribution in [1.29, 1.82) is 0 Å². The Morgan fingerprint density at radius 2 is 1.63 bits per heavy atom. The van der Waals surface area contributed by atoms with E-state index in [1.54, 1.807) is 28.5 Å². The summed E-state index contributed by atoms with van der Waals surface area (Å²) in [5, 5.41) is 12.6. The van der Waals surface area contributed by atoms with E-state index in [2.05, 4.69) is 42.8 Å². The van der Waals surface area contributed by atoms with E-state index in [9.17, 15) is 19.2 Å². The lowest BCUT2D eigenvalue weighted by Gasteiger charge is -2.35. The fourth-order valence-corrected chi connectivity index (χ4v) is 9.32. The maximum Gasteiger partial charge on any atom is 0.246 e. The first kappa shape index (κ1) is 56.3. The number of anilines is 3. The Morgan fingerprint density at radius 1 is 0.904 bits per heavy atom. The Morgan fingerprint density at radius 3 is 2.32 bits per heavy atom. The molecule has 2 fully saturated rings. The second-order valence-corrected chi connectivity index (χ2v) is 20.7. The average molecular weight is 1020 g/mol. The highest BCUT2D eigenvalue weighted by molar-refractivity contribution is 7.13. The van der Waals surface area contributed by atoms with Crippen LogP contribution in [0.4, 0.5) is 17.5 Å². The predicted molar refractivity (Wildman–Crippen MR) is 287 cm³/mol. The minimum absolute atomic E-state index is 0.178. The molecule has 1 saturated carbocycles. The first-order valence-electron chi connectivity index (χ1n) is 25.9. The van der Waals surface area contributed by atoms with E-state index in [1.807, 2.05) is 93.7 Å². The van der Waals surface area contributed by atoms with Crippen molar-refractivity contribution >= 4 is 58.5 Å². The summed E-state index contributed by atoms with van der Waals surface area (Å²) in [6.07, 6.45) is 11.8. The predicted octanol–water partition coefficient (Wildman–Crippen LogP) is 8.18. The lowest BCUT2D eigenvalue weighted by Crippen LogP contribution is -2.58. The molecule has 0 spiro atoms. The first-order valence-corrected chi connectivity index (χ1v) is 26.8. The molecule has 4 N–H and O–H groups in total. The fourth-order valence-electron chi connectivity index (χ4n) is 8.51. The van der Waals surface area contributed by atoms with Gasteiger partial charge in [0.2, 0.25) is 29.6 Å². The normalized spacial score (nSPS) is 15.0. The summed E-state index contributed by atoms with van der Waals surface area (Å²) in [6, 6.07) is 14.3. The third-order valence-electron chi connectivity index (χ3n) is 12.9. The molecule has 6 rings (SSSR count). The van der Waals surface area contributed by atoms with E-state index in [1.165, 1.54) is 0 Å². The molecular weight excluding hydrogens is 947 g/mol. The van der Waals surface area contributed by atoms with E-state index in [0.717, 1.165) is 83.6 Å². The zero-order valence-corrected chi connectivity index (χ0v) is 44.4. The number of carbonyl (C=O) groups excluding carboxylic acids is 4. The van der Waals surface area contributed by atoms with Gasteiger partial charge in [0, 0.05) is 102 Å². The number of nitrogens with zero attached hydrogens (tertiary/aromatic N) is 5. The largest absolute Gasteiger partial charge is 0.493 e. The summed E-state index contributed by atoms with van der Waals surface area (Å²) in [5.41, 5.74) is 5.89. The molecule has 1 saturated heterocycles. The summed E-state index contributed by atoms with van der Waals surface area (Å²) >= 11 is 1.60. The minimum atomic E-state index is -0.820. The number of hydrogen-bond donors (Lipinski definition) is 4. The smallest absolute Gasteiger partial charge is 0.246 e. The van der Waals surface area contributed by atoms with E-state index in [0.29, 0.717) is 96.8 Å². The summed E-state index contributed by atoms with van der Waals surface area (Å²) in [7, 11) is 1.88. The average Bonchev–Trinajstić information content (AvgIpc) is 4.04. The van der Waals surface area contributed by atoms with E-state index < -0.39 is 17.5 Å². The summed E-state index contributed by atoms with van der Waals surface area (Å²) < 4.78 is 23.2. The number of nitrogens with one attached hydrogen (secondary N) is 4. The van der Waals surface area contributed by atoms with Crippen LogP contribution in [0.3, 0.4) is 0 Å². The van der Waals surface area contributed by atoms with Crippen molar-refractivity contribution in [2.24, 2.45) is 11.3 Å². The van der Waals surface area contributed by atoms with Crippen LogP contribution in [0, 0.1) is 18.3 Å². The van der Waals surface area contributed by atoms with E-state index >= 15 is 0 Å². The van der Waals surface area contributed by atoms with Crippen molar-refractivity contribution in [2.45, 2.75) is 111 Å². The SMILES string of the molecule is C=Cc1cnc(Nc2cccc(OCCCOCCCCOCCCOCC(=O)NC(C(=O)N3CCC[C@H]3C(=O)NCc3ccc(-c4scnc4C)cc3)C(C)(C)C)c2)nc1NCCCN(C)C(=O)C1CCC1. The van der Waals surface area contributed by atoms with Crippen LogP contribution < -0.4 is 26.0 Å². The topological polar surface area (TPSA) is 198 Å². The van der Waals surface area contributed by atoms with Gasteiger partial charge >= 0.3 is 0 Å². The van der Waals surface area contributed by atoms with Crippen LogP contribution in [0.25, 0.3) is 16.5 Å².